The van der Waals surface area contributed by atoms with Gasteiger partial charge in [0.1, 0.15) is 23.0 Å². The van der Waals surface area contributed by atoms with Gasteiger partial charge in [-0.3, -0.25) is 9.38 Å². The van der Waals surface area contributed by atoms with Crippen molar-refractivity contribution in [3.8, 4) is 11.4 Å². The van der Waals surface area contributed by atoms with Gasteiger partial charge in [-0.2, -0.15) is 13.2 Å². The fourth-order valence-corrected chi connectivity index (χ4v) is 2.88. The predicted molar refractivity (Wildman–Crippen MR) is 96.8 cm³/mol. The first-order valence-corrected chi connectivity index (χ1v) is 8.39. The molecule has 0 atom stereocenters. The number of nitrogens with zero attached hydrogens (tertiary/aromatic N) is 4. The monoisotopic (exact) mass is 403 g/mol. The van der Waals surface area contributed by atoms with Gasteiger partial charge in [0, 0.05) is 11.9 Å². The molecule has 3 aromatic heterocycles. The van der Waals surface area contributed by atoms with Crippen molar-refractivity contribution in [1.82, 2.24) is 19.4 Å². The molecule has 4 rings (SSSR count). The lowest BCUT2D eigenvalue weighted by atomic mass is 10.2. The molecule has 0 aliphatic carbocycles. The number of alkyl halides is 3. The molecule has 0 amide bonds. The van der Waals surface area contributed by atoms with Gasteiger partial charge in [-0.25, -0.2) is 14.4 Å². The Kier molecular flexibility index (Phi) is 4.63. The van der Waals surface area contributed by atoms with Crippen LogP contribution in [0, 0.1) is 5.82 Å². The van der Waals surface area contributed by atoms with Crippen LogP contribution in [0.1, 0.15) is 11.3 Å². The Balaban J connectivity index is 1.70. The van der Waals surface area contributed by atoms with Crippen molar-refractivity contribution in [2.45, 2.75) is 12.8 Å². The second-order valence-corrected chi connectivity index (χ2v) is 6.13. The van der Waals surface area contributed by atoms with E-state index in [1.807, 2.05) is 0 Å². The molecule has 0 spiro atoms. The molecule has 3 heterocycles. The maximum atomic E-state index is 13.7. The minimum Gasteiger partial charge on any atom is -0.390 e. The summed E-state index contributed by atoms with van der Waals surface area (Å²) in [6, 6.07) is 7.19. The molecule has 148 valence electrons. The van der Waals surface area contributed by atoms with Crippen molar-refractivity contribution >= 4 is 17.2 Å². The van der Waals surface area contributed by atoms with Crippen molar-refractivity contribution in [3.05, 3.63) is 72.1 Å². The van der Waals surface area contributed by atoms with E-state index in [4.69, 9.17) is 0 Å². The molecule has 1 aromatic carbocycles. The molecule has 0 radical (unpaired) electrons. The molecule has 0 aliphatic rings. The number of nitrogens with one attached hydrogen (secondary N) is 1. The Morgan fingerprint density at radius 1 is 1.00 bits per heavy atom. The van der Waals surface area contributed by atoms with Crippen molar-refractivity contribution in [1.29, 1.82) is 0 Å². The van der Waals surface area contributed by atoms with E-state index in [1.54, 1.807) is 0 Å². The van der Waals surface area contributed by atoms with Gasteiger partial charge in [-0.1, -0.05) is 0 Å². The van der Waals surface area contributed by atoms with Crippen LogP contribution in [0.25, 0.3) is 17.0 Å². The van der Waals surface area contributed by atoms with Crippen LogP contribution in [-0.2, 0) is 12.8 Å². The molecular weight excluding hydrogens is 390 g/mol. The predicted octanol–water partition coefficient (Wildman–Crippen LogP) is 4.19. The molecule has 0 unspecified atom stereocenters. The molecule has 10 heteroatoms. The number of aliphatic hydroxyl groups is 1. The summed E-state index contributed by atoms with van der Waals surface area (Å²) in [5.41, 5.74) is 1.01. The molecule has 0 bridgehead atoms. The molecule has 4 aromatic rings. The lowest BCUT2D eigenvalue weighted by molar-refractivity contribution is -0.137. The number of rotatable bonds is 4. The van der Waals surface area contributed by atoms with E-state index in [1.165, 1.54) is 47.3 Å². The van der Waals surface area contributed by atoms with E-state index >= 15 is 0 Å². The van der Waals surface area contributed by atoms with Gasteiger partial charge in [0.2, 0.25) is 0 Å². The van der Waals surface area contributed by atoms with Crippen LogP contribution in [0.3, 0.4) is 0 Å². The highest BCUT2D eigenvalue weighted by Gasteiger charge is 2.29. The topological polar surface area (TPSA) is 75.3 Å². The average Bonchev–Trinajstić information content (AvgIpc) is 3.05. The summed E-state index contributed by atoms with van der Waals surface area (Å²) in [7, 11) is 0. The van der Waals surface area contributed by atoms with Crippen LogP contribution in [-0.4, -0.2) is 24.5 Å². The maximum absolute atomic E-state index is 13.7. The highest BCUT2D eigenvalue weighted by atomic mass is 19.4. The lowest BCUT2D eigenvalue weighted by Gasteiger charge is -2.10. The summed E-state index contributed by atoms with van der Waals surface area (Å²) >= 11 is 0. The van der Waals surface area contributed by atoms with E-state index in [0.29, 0.717) is 22.7 Å². The summed E-state index contributed by atoms with van der Waals surface area (Å²) < 4.78 is 53.2. The zero-order valence-corrected chi connectivity index (χ0v) is 14.7. The average molecular weight is 403 g/mol. The van der Waals surface area contributed by atoms with Gasteiger partial charge >= 0.3 is 6.18 Å². The van der Waals surface area contributed by atoms with Gasteiger partial charge in [0.05, 0.1) is 36.0 Å². The Bertz CT molecular complexity index is 1170. The minimum atomic E-state index is -4.42. The zero-order valence-electron chi connectivity index (χ0n) is 14.7. The van der Waals surface area contributed by atoms with Crippen molar-refractivity contribution in [2.24, 2.45) is 0 Å². The van der Waals surface area contributed by atoms with Gasteiger partial charge < -0.3 is 10.4 Å². The number of halogens is 4. The van der Waals surface area contributed by atoms with Crippen LogP contribution >= 0.6 is 0 Å². The summed E-state index contributed by atoms with van der Waals surface area (Å²) in [6.45, 7) is -0.392. The maximum Gasteiger partial charge on any atom is 0.416 e. The van der Waals surface area contributed by atoms with Crippen molar-refractivity contribution < 1.29 is 22.7 Å². The lowest BCUT2D eigenvalue weighted by Crippen LogP contribution is -2.04. The van der Waals surface area contributed by atoms with Crippen molar-refractivity contribution in [2.75, 3.05) is 5.32 Å². The highest BCUT2D eigenvalue weighted by Crippen LogP contribution is 2.30. The van der Waals surface area contributed by atoms with E-state index in [0.717, 1.165) is 12.1 Å². The smallest absolute Gasteiger partial charge is 0.390 e. The fraction of sp³-hybridized carbons (Fsp3) is 0.105. The fourth-order valence-electron chi connectivity index (χ4n) is 2.88. The summed E-state index contributed by atoms with van der Waals surface area (Å²) in [5, 5.41) is 12.5. The summed E-state index contributed by atoms with van der Waals surface area (Å²) in [6.07, 6.45) is -0.388. The molecular formula is C19H13F4N5O. The normalized spacial score (nSPS) is 11.8. The quantitative estimate of drug-likeness (QED) is 0.500. The molecule has 0 fully saturated rings. The minimum absolute atomic E-state index is 0.262. The number of hydrogen-bond donors (Lipinski definition) is 2. The number of aromatic nitrogens is 4. The zero-order chi connectivity index (χ0) is 20.6. The second-order valence-electron chi connectivity index (χ2n) is 6.13. The third kappa shape index (κ3) is 3.74. The SMILES string of the molecule is OCc1nc2ccc(F)cn2c1-c1cncc(Nc2ccc(C(F)(F)F)cc2)n1. The van der Waals surface area contributed by atoms with Gasteiger partial charge in [-0.15, -0.1) is 0 Å². The molecule has 0 saturated carbocycles. The summed E-state index contributed by atoms with van der Waals surface area (Å²) in [4.78, 5) is 12.7. The first-order valence-electron chi connectivity index (χ1n) is 8.39. The Morgan fingerprint density at radius 3 is 2.45 bits per heavy atom. The van der Waals surface area contributed by atoms with E-state index < -0.39 is 24.2 Å². The number of aliphatic hydroxyl groups excluding tert-OH is 1. The van der Waals surface area contributed by atoms with E-state index in [2.05, 4.69) is 20.3 Å². The van der Waals surface area contributed by atoms with E-state index in [-0.39, 0.29) is 11.5 Å². The first-order chi connectivity index (χ1) is 13.8. The van der Waals surface area contributed by atoms with Gasteiger partial charge in [-0.05, 0) is 36.4 Å². The van der Waals surface area contributed by atoms with Gasteiger partial charge in [0.25, 0.3) is 0 Å². The summed E-state index contributed by atoms with van der Waals surface area (Å²) in [5.74, 6) is -0.231. The number of benzene rings is 1. The van der Waals surface area contributed by atoms with Crippen LogP contribution < -0.4 is 5.32 Å². The number of hydrogen-bond acceptors (Lipinski definition) is 5. The third-order valence-corrected chi connectivity index (χ3v) is 4.17. The Hall–Kier alpha value is -3.53. The Morgan fingerprint density at radius 2 is 1.76 bits per heavy atom. The number of anilines is 2. The third-order valence-electron chi connectivity index (χ3n) is 4.17. The standard InChI is InChI=1S/C19H13F4N5O/c20-12-3-6-17-27-15(10-29)18(28(17)9-12)14-7-24-8-16(26-14)25-13-4-1-11(2-5-13)19(21,22)23/h1-9,29H,10H2,(H,25,26). The molecule has 29 heavy (non-hydrogen) atoms. The number of pyridine rings is 1. The van der Waals surface area contributed by atoms with Crippen molar-refractivity contribution in [3.63, 3.8) is 0 Å². The van der Waals surface area contributed by atoms with Crippen LogP contribution in [0.2, 0.25) is 0 Å². The Labute approximate surface area is 161 Å². The molecule has 0 aliphatic heterocycles. The number of imidazole rings is 1. The van der Waals surface area contributed by atoms with Crippen LogP contribution in [0.15, 0.2) is 55.0 Å². The molecule has 2 N–H and O–H groups in total. The second kappa shape index (κ2) is 7.13. The first kappa shape index (κ1) is 18.8. The van der Waals surface area contributed by atoms with Gasteiger partial charge in [0.15, 0.2) is 0 Å². The highest BCUT2D eigenvalue weighted by molar-refractivity contribution is 5.66. The van der Waals surface area contributed by atoms with Crippen LogP contribution in [0.4, 0.5) is 29.1 Å². The van der Waals surface area contributed by atoms with Crippen LogP contribution in [0.5, 0.6) is 0 Å². The largest absolute Gasteiger partial charge is 0.416 e. The van der Waals surface area contributed by atoms with E-state index in [9.17, 15) is 22.7 Å². The molecule has 0 saturated heterocycles. The number of fused-ring (bicyclic) bond motifs is 1. The molecule has 6 nitrogen and oxygen atoms in total.